The number of guanidine groups is 1. The second-order valence-electron chi connectivity index (χ2n) is 7.32. The Bertz CT molecular complexity index is 645. The molecule has 0 aliphatic carbocycles. The Labute approximate surface area is 190 Å². The number of methoxy groups -OCH3 is 1. The van der Waals surface area contributed by atoms with E-state index < -0.39 is 0 Å². The molecule has 2 N–H and O–H groups in total. The molecule has 7 nitrogen and oxygen atoms in total. The third-order valence-corrected chi connectivity index (χ3v) is 5.30. The first-order chi connectivity index (χ1) is 13.7. The van der Waals surface area contributed by atoms with E-state index in [9.17, 15) is 5.11 Å². The molecule has 0 amide bonds. The van der Waals surface area contributed by atoms with Gasteiger partial charge < -0.3 is 29.5 Å². The molecule has 1 unspecified atom stereocenters. The summed E-state index contributed by atoms with van der Waals surface area (Å²) in [6.07, 6.45) is 4.83. The van der Waals surface area contributed by atoms with Crippen LogP contribution in [0.2, 0.25) is 0 Å². The van der Waals surface area contributed by atoms with Gasteiger partial charge in [0.25, 0.3) is 0 Å². The zero-order valence-electron chi connectivity index (χ0n) is 17.4. The zero-order valence-corrected chi connectivity index (χ0v) is 19.8. The highest BCUT2D eigenvalue weighted by Gasteiger charge is 2.24. The van der Waals surface area contributed by atoms with Gasteiger partial charge in [0.1, 0.15) is 11.5 Å². The van der Waals surface area contributed by atoms with Crippen LogP contribution >= 0.6 is 24.0 Å². The van der Waals surface area contributed by atoms with Crippen LogP contribution in [-0.2, 0) is 16.0 Å². The Kier molecular flexibility index (Phi) is 10.3. The Morgan fingerprint density at radius 1 is 1.31 bits per heavy atom. The molecule has 2 saturated heterocycles. The van der Waals surface area contributed by atoms with Crippen LogP contribution in [0.1, 0.15) is 38.2 Å². The van der Waals surface area contributed by atoms with Gasteiger partial charge in [0.15, 0.2) is 5.96 Å². The van der Waals surface area contributed by atoms with Gasteiger partial charge in [-0.05, 0) is 50.8 Å². The highest BCUT2D eigenvalue weighted by Crippen LogP contribution is 2.24. The molecule has 0 radical (unpaired) electrons. The summed E-state index contributed by atoms with van der Waals surface area (Å²) in [5, 5.41) is 13.4. The highest BCUT2D eigenvalue weighted by molar-refractivity contribution is 14.0. The number of hydrogen-bond donors (Lipinski definition) is 2. The van der Waals surface area contributed by atoms with Crippen LogP contribution in [0.4, 0.5) is 0 Å². The van der Waals surface area contributed by atoms with E-state index >= 15 is 0 Å². The van der Waals surface area contributed by atoms with Crippen molar-refractivity contribution < 1.29 is 19.3 Å². The van der Waals surface area contributed by atoms with Crippen molar-refractivity contribution in [2.75, 3.05) is 40.0 Å². The number of aromatic hydroxyl groups is 1. The van der Waals surface area contributed by atoms with Crippen molar-refractivity contribution in [1.29, 1.82) is 0 Å². The lowest BCUT2D eigenvalue weighted by molar-refractivity contribution is -0.0367. The Balaban J connectivity index is 0.00000300. The first-order valence-corrected chi connectivity index (χ1v) is 10.3. The summed E-state index contributed by atoms with van der Waals surface area (Å²) in [7, 11) is 1.62. The standard InChI is InChI=1S/C21H33N3O4.HI/c1-3-22-21(23-14-16-13-18(26-2)6-7-20(16)25)24-10-8-17(9-11-24)28-15-19-5-4-12-27-19;/h6-7,13,17,19,25H,3-5,8-12,14-15H2,1-2H3,(H,22,23);1H. The van der Waals surface area contributed by atoms with E-state index in [1.54, 1.807) is 19.2 Å². The van der Waals surface area contributed by atoms with Crippen LogP contribution in [0.25, 0.3) is 0 Å². The Morgan fingerprint density at radius 3 is 2.76 bits per heavy atom. The quantitative estimate of drug-likeness (QED) is 0.328. The maximum absolute atomic E-state index is 10.1. The number of halogens is 1. The predicted molar refractivity (Wildman–Crippen MR) is 124 cm³/mol. The molecule has 0 spiro atoms. The molecule has 0 saturated carbocycles. The fourth-order valence-corrected chi connectivity index (χ4v) is 3.65. The number of nitrogens with zero attached hydrogens (tertiary/aromatic N) is 2. The maximum atomic E-state index is 10.1. The van der Waals surface area contributed by atoms with Gasteiger partial charge in [0.05, 0.1) is 32.5 Å². The van der Waals surface area contributed by atoms with Crippen LogP contribution in [0.5, 0.6) is 11.5 Å². The van der Waals surface area contributed by atoms with Crippen LogP contribution in [0.3, 0.4) is 0 Å². The number of rotatable bonds is 7. The molecule has 2 aliphatic rings. The number of piperidine rings is 1. The SMILES string of the molecule is CCNC(=NCc1cc(OC)ccc1O)N1CCC(OCC2CCCO2)CC1.I. The van der Waals surface area contributed by atoms with Crippen LogP contribution in [0.15, 0.2) is 23.2 Å². The fraction of sp³-hybridized carbons (Fsp3) is 0.667. The lowest BCUT2D eigenvalue weighted by Gasteiger charge is -2.34. The van der Waals surface area contributed by atoms with Gasteiger partial charge in [-0.25, -0.2) is 4.99 Å². The van der Waals surface area contributed by atoms with Gasteiger partial charge in [-0.15, -0.1) is 24.0 Å². The van der Waals surface area contributed by atoms with E-state index in [1.165, 1.54) is 0 Å². The highest BCUT2D eigenvalue weighted by atomic mass is 127. The molecule has 2 aliphatic heterocycles. The predicted octanol–water partition coefficient (Wildman–Crippen LogP) is 3.14. The third kappa shape index (κ3) is 7.18. The van der Waals surface area contributed by atoms with Gasteiger partial charge >= 0.3 is 0 Å². The van der Waals surface area contributed by atoms with Crippen LogP contribution < -0.4 is 10.1 Å². The minimum atomic E-state index is 0. The van der Waals surface area contributed by atoms with Crippen LogP contribution in [0, 0.1) is 0 Å². The zero-order chi connectivity index (χ0) is 19.8. The van der Waals surface area contributed by atoms with E-state index in [-0.39, 0.29) is 35.8 Å². The molecule has 164 valence electrons. The van der Waals surface area contributed by atoms with Gasteiger partial charge in [-0.1, -0.05) is 0 Å². The summed E-state index contributed by atoms with van der Waals surface area (Å²) in [4.78, 5) is 7.00. The largest absolute Gasteiger partial charge is 0.508 e. The van der Waals surface area contributed by atoms with Gasteiger partial charge in [-0.2, -0.15) is 0 Å². The minimum absolute atomic E-state index is 0. The summed E-state index contributed by atoms with van der Waals surface area (Å²) in [5.41, 5.74) is 0.754. The molecule has 29 heavy (non-hydrogen) atoms. The van der Waals surface area contributed by atoms with E-state index in [1.807, 2.05) is 6.07 Å². The molecular weight excluding hydrogens is 485 g/mol. The van der Waals surface area contributed by atoms with Crippen molar-refractivity contribution in [1.82, 2.24) is 10.2 Å². The van der Waals surface area contributed by atoms with Crippen molar-refractivity contribution in [3.8, 4) is 11.5 Å². The summed E-state index contributed by atoms with van der Waals surface area (Å²) in [5.74, 6) is 1.83. The van der Waals surface area contributed by atoms with Crippen molar-refractivity contribution in [2.45, 2.75) is 51.4 Å². The number of phenolic OH excluding ortho intramolecular Hbond substituents is 1. The van der Waals surface area contributed by atoms with Crippen molar-refractivity contribution in [2.24, 2.45) is 4.99 Å². The monoisotopic (exact) mass is 519 g/mol. The molecule has 0 aromatic heterocycles. The van der Waals surface area contributed by atoms with Crippen molar-refractivity contribution >= 4 is 29.9 Å². The number of ether oxygens (including phenoxy) is 3. The molecule has 1 aromatic rings. The Hall–Kier alpha value is -1.26. The van der Waals surface area contributed by atoms with E-state index in [0.717, 1.165) is 69.2 Å². The summed E-state index contributed by atoms with van der Waals surface area (Å²) in [6.45, 7) is 6.68. The van der Waals surface area contributed by atoms with Crippen molar-refractivity contribution in [3.63, 3.8) is 0 Å². The van der Waals surface area contributed by atoms with Gasteiger partial charge in [0.2, 0.25) is 0 Å². The number of benzene rings is 1. The molecule has 8 heteroatoms. The van der Waals surface area contributed by atoms with Crippen LogP contribution in [-0.4, -0.2) is 68.1 Å². The van der Waals surface area contributed by atoms with E-state index in [0.29, 0.717) is 19.3 Å². The average Bonchev–Trinajstić information content (AvgIpc) is 3.25. The van der Waals surface area contributed by atoms with E-state index in [4.69, 9.17) is 19.2 Å². The van der Waals surface area contributed by atoms with Gasteiger partial charge in [-0.3, -0.25) is 0 Å². The van der Waals surface area contributed by atoms with Crippen molar-refractivity contribution in [3.05, 3.63) is 23.8 Å². The number of aliphatic imine (C=N–C) groups is 1. The molecule has 1 atom stereocenters. The van der Waals surface area contributed by atoms with Gasteiger partial charge in [0, 0.05) is 31.8 Å². The maximum Gasteiger partial charge on any atom is 0.194 e. The smallest absolute Gasteiger partial charge is 0.194 e. The summed E-state index contributed by atoms with van der Waals surface area (Å²) < 4.78 is 17.0. The fourth-order valence-electron chi connectivity index (χ4n) is 3.65. The molecule has 2 fully saturated rings. The normalized spacial score (nSPS) is 20.4. The second kappa shape index (κ2) is 12.4. The minimum Gasteiger partial charge on any atom is -0.508 e. The van der Waals surface area contributed by atoms with E-state index in [2.05, 4.69) is 17.1 Å². The summed E-state index contributed by atoms with van der Waals surface area (Å²) in [6, 6.07) is 5.22. The number of hydrogen-bond acceptors (Lipinski definition) is 5. The average molecular weight is 519 g/mol. The molecule has 2 heterocycles. The second-order valence-corrected chi connectivity index (χ2v) is 7.32. The molecule has 0 bridgehead atoms. The molecular formula is C21H34IN3O4. The third-order valence-electron chi connectivity index (χ3n) is 5.30. The number of nitrogens with one attached hydrogen (secondary N) is 1. The Morgan fingerprint density at radius 2 is 2.10 bits per heavy atom. The first-order valence-electron chi connectivity index (χ1n) is 10.3. The lowest BCUT2D eigenvalue weighted by atomic mass is 10.1. The first kappa shape index (κ1) is 24.0. The summed E-state index contributed by atoms with van der Waals surface area (Å²) >= 11 is 0. The molecule has 1 aromatic carbocycles. The topological polar surface area (TPSA) is 75.6 Å². The number of phenols is 1. The number of likely N-dealkylation sites (tertiary alicyclic amines) is 1. The molecule has 3 rings (SSSR count). The lowest BCUT2D eigenvalue weighted by Crippen LogP contribution is -2.47.